The van der Waals surface area contributed by atoms with E-state index >= 15 is 0 Å². The molecule has 8 heteroatoms. The Balaban J connectivity index is 1.49. The van der Waals surface area contributed by atoms with Crippen LogP contribution in [-0.4, -0.2) is 64.1 Å². The Morgan fingerprint density at radius 3 is 2.82 bits per heavy atom. The summed E-state index contributed by atoms with van der Waals surface area (Å²) in [5.74, 6) is 1.10. The minimum absolute atomic E-state index is 0.398. The number of anilines is 1. The number of fused-ring (bicyclic) bond motifs is 3. The summed E-state index contributed by atoms with van der Waals surface area (Å²) in [5, 5.41) is 4.40. The van der Waals surface area contributed by atoms with Crippen LogP contribution in [-0.2, 0) is 11.2 Å². The molecule has 2 N–H and O–H groups in total. The van der Waals surface area contributed by atoms with Crippen LogP contribution in [0.5, 0.6) is 0 Å². The molecule has 0 atom stereocenters. The molecule has 0 aliphatic carbocycles. The summed E-state index contributed by atoms with van der Waals surface area (Å²) in [6.07, 6.45) is 5.83. The molecule has 1 aliphatic heterocycles. The van der Waals surface area contributed by atoms with Crippen LogP contribution < -0.4 is 5.32 Å². The number of rotatable bonds is 8. The van der Waals surface area contributed by atoms with E-state index in [-0.39, 0.29) is 0 Å². The van der Waals surface area contributed by atoms with Gasteiger partial charge in [0.2, 0.25) is 0 Å². The van der Waals surface area contributed by atoms with Gasteiger partial charge in [0, 0.05) is 19.2 Å². The molecule has 0 saturated carbocycles. The summed E-state index contributed by atoms with van der Waals surface area (Å²) in [6, 6.07) is 10.1. The van der Waals surface area contributed by atoms with Gasteiger partial charge < -0.3 is 19.9 Å². The Morgan fingerprint density at radius 1 is 1.21 bits per heavy atom. The molecule has 0 spiro atoms. The van der Waals surface area contributed by atoms with Crippen LogP contribution in [0.1, 0.15) is 46.6 Å². The molecule has 1 fully saturated rings. The van der Waals surface area contributed by atoms with E-state index in [0.29, 0.717) is 17.6 Å². The molecule has 4 aromatic rings. The van der Waals surface area contributed by atoms with E-state index < -0.39 is 5.97 Å². The second kappa shape index (κ2) is 9.77. The molecule has 1 aliphatic rings. The zero-order chi connectivity index (χ0) is 23.5. The molecule has 8 nitrogen and oxygen atoms in total. The summed E-state index contributed by atoms with van der Waals surface area (Å²) < 4.78 is 4.85. The molecule has 4 heterocycles. The Hall–Kier alpha value is -3.52. The normalized spacial score (nSPS) is 14.2. The molecule has 0 radical (unpaired) electrons. The highest BCUT2D eigenvalue weighted by Crippen LogP contribution is 2.29. The van der Waals surface area contributed by atoms with Gasteiger partial charge in [0.25, 0.3) is 0 Å². The predicted molar refractivity (Wildman–Crippen MR) is 133 cm³/mol. The van der Waals surface area contributed by atoms with Crippen molar-refractivity contribution in [2.75, 3.05) is 38.6 Å². The van der Waals surface area contributed by atoms with E-state index in [4.69, 9.17) is 14.7 Å². The number of aromatic nitrogens is 4. The SMILES string of the molecule is COC(=O)c1cnc2c(c1)[nH]c1nc(Cc3ccccc3C)nc(NCCCN3CCCC3)c12. The van der Waals surface area contributed by atoms with Crippen LogP contribution in [0.4, 0.5) is 5.82 Å². The number of nitrogens with zero attached hydrogens (tertiary/aromatic N) is 4. The average Bonchev–Trinajstić information content (AvgIpc) is 3.49. The molecule has 0 bridgehead atoms. The van der Waals surface area contributed by atoms with Crippen LogP contribution in [0, 0.1) is 6.92 Å². The summed E-state index contributed by atoms with van der Waals surface area (Å²) in [6.45, 7) is 6.41. The van der Waals surface area contributed by atoms with E-state index in [1.165, 1.54) is 44.2 Å². The van der Waals surface area contributed by atoms with Crippen molar-refractivity contribution in [3.63, 3.8) is 0 Å². The molecular formula is C26H30N6O2. The van der Waals surface area contributed by atoms with Gasteiger partial charge in [0.15, 0.2) is 0 Å². The molecule has 0 amide bonds. The quantitative estimate of drug-likeness (QED) is 0.303. The fourth-order valence-corrected chi connectivity index (χ4v) is 4.64. The van der Waals surface area contributed by atoms with Crippen molar-refractivity contribution in [2.45, 2.75) is 32.6 Å². The van der Waals surface area contributed by atoms with Crippen molar-refractivity contribution >= 4 is 33.9 Å². The van der Waals surface area contributed by atoms with Crippen molar-refractivity contribution in [3.05, 3.63) is 59.0 Å². The van der Waals surface area contributed by atoms with Gasteiger partial charge in [-0.2, -0.15) is 0 Å². The van der Waals surface area contributed by atoms with Crippen LogP contribution in [0.25, 0.3) is 22.1 Å². The lowest BCUT2D eigenvalue weighted by Gasteiger charge is -2.15. The molecular weight excluding hydrogens is 428 g/mol. The molecule has 5 rings (SSSR count). The highest BCUT2D eigenvalue weighted by molar-refractivity contribution is 6.10. The van der Waals surface area contributed by atoms with Crippen molar-refractivity contribution in [1.82, 2.24) is 24.8 Å². The number of H-pyrrole nitrogens is 1. The second-order valence-electron chi connectivity index (χ2n) is 8.88. The van der Waals surface area contributed by atoms with Crippen LogP contribution in [0.15, 0.2) is 36.5 Å². The number of hydrogen-bond donors (Lipinski definition) is 2. The Kier molecular flexibility index (Phi) is 6.40. The summed E-state index contributed by atoms with van der Waals surface area (Å²) in [5.41, 5.74) is 5.00. The summed E-state index contributed by atoms with van der Waals surface area (Å²) >= 11 is 0. The fraction of sp³-hybridized carbons (Fsp3) is 0.385. The number of ether oxygens (including phenoxy) is 1. The van der Waals surface area contributed by atoms with Crippen molar-refractivity contribution in [1.29, 1.82) is 0 Å². The first-order chi connectivity index (χ1) is 16.6. The van der Waals surface area contributed by atoms with Crippen molar-refractivity contribution in [2.24, 2.45) is 0 Å². The van der Waals surface area contributed by atoms with E-state index in [9.17, 15) is 4.79 Å². The zero-order valence-corrected chi connectivity index (χ0v) is 19.7. The number of aryl methyl sites for hydroxylation is 1. The highest BCUT2D eigenvalue weighted by Gasteiger charge is 2.18. The number of pyridine rings is 1. The zero-order valence-electron chi connectivity index (χ0n) is 19.7. The first-order valence-electron chi connectivity index (χ1n) is 11.9. The molecule has 1 aromatic carbocycles. The smallest absolute Gasteiger partial charge is 0.339 e. The molecule has 0 unspecified atom stereocenters. The third-order valence-corrected chi connectivity index (χ3v) is 6.51. The Bertz CT molecular complexity index is 1330. The third-order valence-electron chi connectivity index (χ3n) is 6.51. The Labute approximate surface area is 198 Å². The van der Waals surface area contributed by atoms with Gasteiger partial charge in [0.1, 0.15) is 22.8 Å². The minimum Gasteiger partial charge on any atom is -0.465 e. The lowest BCUT2D eigenvalue weighted by atomic mass is 10.1. The molecule has 3 aromatic heterocycles. The number of carbonyl (C=O) groups excluding carboxylic acids is 1. The minimum atomic E-state index is -0.417. The van der Waals surface area contributed by atoms with Crippen LogP contribution >= 0.6 is 0 Å². The monoisotopic (exact) mass is 458 g/mol. The standard InChI is InChI=1S/C26H30N6O2/c1-17-8-3-4-9-18(17)15-21-30-24(27-10-7-13-32-11-5-6-12-32)22-23-20(29-25(22)31-21)14-19(16-28-23)26(33)34-2/h3-4,8-9,14,16H,5-7,10-13,15H2,1-2H3,(H2,27,29,30,31). The molecule has 1 saturated heterocycles. The van der Waals surface area contributed by atoms with Crippen LogP contribution in [0.3, 0.4) is 0 Å². The van der Waals surface area contributed by atoms with Crippen molar-refractivity contribution in [3.8, 4) is 0 Å². The summed E-state index contributed by atoms with van der Waals surface area (Å²) in [4.78, 5) is 32.1. The maximum Gasteiger partial charge on any atom is 0.339 e. The number of esters is 1. The third kappa shape index (κ3) is 4.59. The maximum absolute atomic E-state index is 12.0. The highest BCUT2D eigenvalue weighted by atomic mass is 16.5. The number of nitrogens with one attached hydrogen (secondary N) is 2. The molecule has 34 heavy (non-hydrogen) atoms. The number of likely N-dealkylation sites (tertiary alicyclic amines) is 1. The second-order valence-corrected chi connectivity index (χ2v) is 8.88. The molecule has 176 valence electrons. The van der Waals surface area contributed by atoms with E-state index in [2.05, 4.69) is 39.2 Å². The van der Waals surface area contributed by atoms with E-state index in [0.717, 1.165) is 47.6 Å². The lowest BCUT2D eigenvalue weighted by molar-refractivity contribution is 0.0600. The summed E-state index contributed by atoms with van der Waals surface area (Å²) in [7, 11) is 1.37. The van der Waals surface area contributed by atoms with Gasteiger partial charge in [-0.05, 0) is 63.0 Å². The number of methoxy groups -OCH3 is 1. The first kappa shape index (κ1) is 22.3. The van der Waals surface area contributed by atoms with Crippen molar-refractivity contribution < 1.29 is 9.53 Å². The first-order valence-corrected chi connectivity index (χ1v) is 11.9. The van der Waals surface area contributed by atoms with Crippen LogP contribution in [0.2, 0.25) is 0 Å². The van der Waals surface area contributed by atoms with Gasteiger partial charge in [-0.3, -0.25) is 4.98 Å². The number of aromatic amines is 1. The van der Waals surface area contributed by atoms with E-state index in [1.54, 1.807) is 12.3 Å². The van der Waals surface area contributed by atoms with Gasteiger partial charge in [0.05, 0.1) is 23.6 Å². The van der Waals surface area contributed by atoms with Gasteiger partial charge in [-0.25, -0.2) is 14.8 Å². The largest absolute Gasteiger partial charge is 0.465 e. The van der Waals surface area contributed by atoms with E-state index in [1.807, 2.05) is 12.1 Å². The predicted octanol–water partition coefficient (Wildman–Crippen LogP) is 4.09. The fourth-order valence-electron chi connectivity index (χ4n) is 4.64. The number of benzene rings is 1. The topological polar surface area (TPSA) is 96.0 Å². The van der Waals surface area contributed by atoms with Gasteiger partial charge >= 0.3 is 5.97 Å². The number of hydrogen-bond acceptors (Lipinski definition) is 7. The maximum atomic E-state index is 12.0. The average molecular weight is 459 g/mol. The van der Waals surface area contributed by atoms with Gasteiger partial charge in [-0.1, -0.05) is 24.3 Å². The Morgan fingerprint density at radius 2 is 2.03 bits per heavy atom. The lowest BCUT2D eigenvalue weighted by Crippen LogP contribution is -2.22. The van der Waals surface area contributed by atoms with Gasteiger partial charge in [-0.15, -0.1) is 0 Å². The number of carbonyl (C=O) groups is 1.